The van der Waals surface area contributed by atoms with E-state index in [9.17, 15) is 14.0 Å². The maximum Gasteiger partial charge on any atom is 0.340 e. The second-order valence-electron chi connectivity index (χ2n) is 9.98. The highest BCUT2D eigenvalue weighted by atomic mass is 19.1. The number of carbonyl (C=O) groups is 1. The van der Waals surface area contributed by atoms with E-state index >= 15 is 0 Å². The molecule has 0 spiro atoms. The van der Waals surface area contributed by atoms with Gasteiger partial charge < -0.3 is 10.1 Å². The molecule has 0 aliphatic carbocycles. The summed E-state index contributed by atoms with van der Waals surface area (Å²) in [6.07, 6.45) is 1.76. The van der Waals surface area contributed by atoms with E-state index in [1.165, 1.54) is 12.1 Å². The number of carbonyl (C=O) groups excluding carboxylic acids is 1. The first kappa shape index (κ1) is 25.1. The number of hydrogen-bond donors (Lipinski definition) is 1. The van der Waals surface area contributed by atoms with E-state index < -0.39 is 11.6 Å². The van der Waals surface area contributed by atoms with Crippen molar-refractivity contribution in [1.29, 1.82) is 0 Å². The van der Waals surface area contributed by atoms with Crippen molar-refractivity contribution >= 4 is 17.3 Å². The van der Waals surface area contributed by atoms with Crippen molar-refractivity contribution in [3.63, 3.8) is 0 Å². The molecule has 0 saturated carbocycles. The first-order valence-electron chi connectivity index (χ1n) is 11.8. The fourth-order valence-corrected chi connectivity index (χ4v) is 4.13. The summed E-state index contributed by atoms with van der Waals surface area (Å²) in [5.41, 5.74) is 4.04. The number of aromatic nitrogens is 2. The average molecular weight is 488 g/mol. The number of para-hydroxylation sites is 1. The van der Waals surface area contributed by atoms with E-state index in [1.54, 1.807) is 41.8 Å². The molecule has 2 aromatic heterocycles. The summed E-state index contributed by atoms with van der Waals surface area (Å²) in [4.78, 5) is 31.0. The van der Waals surface area contributed by atoms with Crippen LogP contribution in [0.25, 0.3) is 16.9 Å². The lowest BCUT2D eigenvalue weighted by Crippen LogP contribution is -2.25. The van der Waals surface area contributed by atoms with Crippen LogP contribution in [0, 0.1) is 19.7 Å². The zero-order valence-electron chi connectivity index (χ0n) is 21.3. The summed E-state index contributed by atoms with van der Waals surface area (Å²) in [7, 11) is 0. The number of anilines is 1. The summed E-state index contributed by atoms with van der Waals surface area (Å²) in [5, 5.41) is 3.41. The van der Waals surface area contributed by atoms with Crippen LogP contribution in [0.4, 0.5) is 10.1 Å². The Balaban J connectivity index is 1.81. The first-order valence-corrected chi connectivity index (χ1v) is 11.8. The maximum atomic E-state index is 13.5. The number of aryl methyl sites for hydroxylation is 1. The molecule has 0 saturated heterocycles. The van der Waals surface area contributed by atoms with E-state index in [-0.39, 0.29) is 17.4 Å². The molecule has 1 N–H and O–H groups in total. The summed E-state index contributed by atoms with van der Waals surface area (Å²) in [6, 6.07) is 14.8. The minimum absolute atomic E-state index is 0.189. The van der Waals surface area contributed by atoms with Gasteiger partial charge in [-0.05, 0) is 89.6 Å². The molecule has 4 rings (SSSR count). The Hall–Kier alpha value is -4.00. The van der Waals surface area contributed by atoms with Crippen molar-refractivity contribution < 1.29 is 13.9 Å². The number of ether oxygens (including phenoxy) is 1. The largest absolute Gasteiger partial charge is 0.456 e. The Morgan fingerprint density at radius 3 is 2.42 bits per heavy atom. The van der Waals surface area contributed by atoms with Crippen molar-refractivity contribution in [2.75, 3.05) is 5.32 Å². The molecule has 186 valence electrons. The average Bonchev–Trinajstić information content (AvgIpc) is 2.81. The molecule has 2 heterocycles. The van der Waals surface area contributed by atoms with Crippen LogP contribution in [0.3, 0.4) is 0 Å². The van der Waals surface area contributed by atoms with E-state index in [2.05, 4.69) is 5.32 Å². The highest BCUT2D eigenvalue weighted by molar-refractivity contribution is 5.96. The molecule has 1 atom stereocenters. The van der Waals surface area contributed by atoms with Gasteiger partial charge in [-0.15, -0.1) is 0 Å². The van der Waals surface area contributed by atoms with Gasteiger partial charge in [-0.2, -0.15) is 0 Å². The number of pyridine rings is 1. The van der Waals surface area contributed by atoms with Crippen LogP contribution in [0.2, 0.25) is 0 Å². The molecule has 2 aromatic carbocycles. The van der Waals surface area contributed by atoms with Gasteiger partial charge in [0.05, 0.1) is 17.3 Å². The van der Waals surface area contributed by atoms with Gasteiger partial charge in [-0.3, -0.25) is 9.20 Å². The third-order valence-electron chi connectivity index (χ3n) is 5.82. The minimum atomic E-state index is -0.623. The molecule has 0 bridgehead atoms. The molecule has 0 amide bonds. The molecule has 0 radical (unpaired) electrons. The Bertz CT molecular complexity index is 1500. The van der Waals surface area contributed by atoms with Gasteiger partial charge in [0, 0.05) is 28.6 Å². The maximum absolute atomic E-state index is 13.5. The standard InChI is InChI=1S/C29H30FN3O3/c1-17-15-23(19(3)31-24-10-8-7-9-22(24)28(35)36-29(4,5)6)26-32-25(18(2)27(34)33(26)16-17)20-11-13-21(30)14-12-20/h7-16,19,31H,1-6H3. The fraction of sp³-hybridized carbons (Fsp3) is 0.276. The summed E-state index contributed by atoms with van der Waals surface area (Å²) in [6.45, 7) is 11.1. The van der Waals surface area contributed by atoms with Gasteiger partial charge in [-0.25, -0.2) is 14.2 Å². The SMILES string of the molecule is Cc1cc(C(C)Nc2ccccc2C(=O)OC(C)(C)C)c2nc(-c3ccc(F)cc3)c(C)c(=O)n2c1. The zero-order chi connectivity index (χ0) is 26.2. The Kier molecular flexibility index (Phi) is 6.67. The van der Waals surface area contributed by atoms with Gasteiger partial charge in [-0.1, -0.05) is 12.1 Å². The van der Waals surface area contributed by atoms with E-state index in [0.29, 0.717) is 33.7 Å². The lowest BCUT2D eigenvalue weighted by Gasteiger charge is -2.23. The molecule has 0 aliphatic heterocycles. The predicted octanol–water partition coefficient (Wildman–Crippen LogP) is 6.25. The number of rotatable bonds is 5. The van der Waals surface area contributed by atoms with Crippen LogP contribution in [0.15, 0.2) is 65.6 Å². The molecule has 7 heteroatoms. The minimum Gasteiger partial charge on any atom is -0.456 e. The molecule has 6 nitrogen and oxygen atoms in total. The van der Waals surface area contributed by atoms with Crippen molar-refractivity contribution in [2.24, 2.45) is 0 Å². The molecule has 0 fully saturated rings. The molecule has 36 heavy (non-hydrogen) atoms. The quantitative estimate of drug-likeness (QED) is 0.337. The number of fused-ring (bicyclic) bond motifs is 1. The van der Waals surface area contributed by atoms with Crippen LogP contribution < -0.4 is 10.9 Å². The lowest BCUT2D eigenvalue weighted by molar-refractivity contribution is 0.00706. The van der Waals surface area contributed by atoms with Crippen LogP contribution in [0.1, 0.15) is 60.8 Å². The number of hydrogen-bond acceptors (Lipinski definition) is 5. The normalized spacial score (nSPS) is 12.4. The first-order chi connectivity index (χ1) is 16.9. The van der Waals surface area contributed by atoms with Gasteiger partial charge >= 0.3 is 5.97 Å². The number of esters is 1. The third kappa shape index (κ3) is 5.15. The second-order valence-corrected chi connectivity index (χ2v) is 9.98. The van der Waals surface area contributed by atoms with E-state index in [0.717, 1.165) is 11.1 Å². The van der Waals surface area contributed by atoms with Gasteiger partial charge in [0.15, 0.2) is 0 Å². The molecule has 4 aromatic rings. The summed E-state index contributed by atoms with van der Waals surface area (Å²) < 4.78 is 20.6. The Morgan fingerprint density at radius 1 is 1.08 bits per heavy atom. The van der Waals surface area contributed by atoms with E-state index in [1.807, 2.05) is 52.8 Å². The van der Waals surface area contributed by atoms with Crippen molar-refractivity contribution in [3.8, 4) is 11.3 Å². The summed E-state index contributed by atoms with van der Waals surface area (Å²) >= 11 is 0. The summed E-state index contributed by atoms with van der Waals surface area (Å²) in [5.74, 6) is -0.776. The molecular formula is C29H30FN3O3. The van der Waals surface area contributed by atoms with Crippen LogP contribution in [-0.2, 0) is 4.74 Å². The van der Waals surface area contributed by atoms with Crippen molar-refractivity contribution in [3.05, 3.63) is 99.2 Å². The number of nitrogens with one attached hydrogen (secondary N) is 1. The number of halogens is 1. The molecule has 0 aliphatic rings. The van der Waals surface area contributed by atoms with Gasteiger partial charge in [0.25, 0.3) is 5.56 Å². The molecule has 1 unspecified atom stereocenters. The van der Waals surface area contributed by atoms with Crippen molar-refractivity contribution in [1.82, 2.24) is 9.38 Å². The fourth-order valence-electron chi connectivity index (χ4n) is 4.13. The lowest BCUT2D eigenvalue weighted by atomic mass is 10.0. The smallest absolute Gasteiger partial charge is 0.340 e. The Morgan fingerprint density at radius 2 is 1.75 bits per heavy atom. The van der Waals surface area contributed by atoms with Crippen LogP contribution in [-0.4, -0.2) is 21.0 Å². The number of nitrogens with zero attached hydrogens (tertiary/aromatic N) is 2. The van der Waals surface area contributed by atoms with Gasteiger partial charge in [0.2, 0.25) is 0 Å². The third-order valence-corrected chi connectivity index (χ3v) is 5.82. The number of benzene rings is 2. The van der Waals surface area contributed by atoms with Crippen molar-refractivity contribution in [2.45, 2.75) is 53.2 Å². The van der Waals surface area contributed by atoms with Gasteiger partial charge in [0.1, 0.15) is 17.1 Å². The predicted molar refractivity (Wildman–Crippen MR) is 140 cm³/mol. The van der Waals surface area contributed by atoms with Crippen LogP contribution in [0.5, 0.6) is 0 Å². The molecular weight excluding hydrogens is 457 g/mol. The Labute approximate surface area is 209 Å². The highest BCUT2D eigenvalue weighted by Crippen LogP contribution is 2.28. The topological polar surface area (TPSA) is 72.7 Å². The van der Waals surface area contributed by atoms with Crippen LogP contribution >= 0.6 is 0 Å². The second kappa shape index (κ2) is 9.57. The zero-order valence-corrected chi connectivity index (χ0v) is 21.3. The highest BCUT2D eigenvalue weighted by Gasteiger charge is 2.22. The monoisotopic (exact) mass is 487 g/mol. The van der Waals surface area contributed by atoms with E-state index in [4.69, 9.17) is 9.72 Å².